The molecule has 0 fully saturated rings. The van der Waals surface area contributed by atoms with Crippen molar-refractivity contribution in [1.29, 1.82) is 0 Å². The van der Waals surface area contributed by atoms with E-state index in [-0.39, 0.29) is 0 Å². The van der Waals surface area contributed by atoms with Crippen molar-refractivity contribution >= 4 is 111 Å². The standard InChI is InChI=1S/C11H9BrClNO2.C11H10ClNO3.Br3OP/c1-15-9-3-6-7(13)4-11(12)14-8(6)5-10(9)16-2;1-15-10-5-7-8(12)3-4-13(14)9(7)6-11(10)16-2;1-5(2,3)4/h3-5H,1-2H3;3-6H,1-2H3;. The Balaban J connectivity index is 0.000000221. The number of ether oxygens (including phenoxy) is 4. The van der Waals surface area contributed by atoms with Crippen LogP contribution >= 0.6 is 88.8 Å². The van der Waals surface area contributed by atoms with Gasteiger partial charge in [0.15, 0.2) is 29.2 Å². The van der Waals surface area contributed by atoms with Crippen molar-refractivity contribution in [3.63, 3.8) is 0 Å². The Labute approximate surface area is 255 Å². The number of fused-ring (bicyclic) bond motifs is 2. The summed E-state index contributed by atoms with van der Waals surface area (Å²) in [6, 6.07) is 10.2. The molecule has 4 rings (SSSR count). The number of hydrogen-bond acceptors (Lipinski definition) is 7. The fraction of sp³-hybridized carbons (Fsp3) is 0.182. The second kappa shape index (κ2) is 14.4. The first-order valence-electron chi connectivity index (χ1n) is 9.83. The summed E-state index contributed by atoms with van der Waals surface area (Å²) in [5, 5.41) is 14.2. The van der Waals surface area contributed by atoms with Gasteiger partial charge in [0.1, 0.15) is 4.60 Å². The van der Waals surface area contributed by atoms with Gasteiger partial charge in [-0.25, -0.2) is 4.98 Å². The van der Waals surface area contributed by atoms with Gasteiger partial charge in [-0.05, 0) is 34.1 Å². The molecular weight excluding hydrogens is 810 g/mol. The van der Waals surface area contributed by atoms with Gasteiger partial charge >= 0.3 is 0 Å². The van der Waals surface area contributed by atoms with E-state index >= 15 is 0 Å². The van der Waals surface area contributed by atoms with Crippen LogP contribution in [-0.2, 0) is 4.57 Å². The topological polar surface area (TPSA) is 93.8 Å². The van der Waals surface area contributed by atoms with E-state index in [2.05, 4.69) is 67.4 Å². The molecule has 0 aliphatic rings. The van der Waals surface area contributed by atoms with Crippen molar-refractivity contribution in [2.45, 2.75) is 0 Å². The highest BCUT2D eigenvalue weighted by Gasteiger charge is 2.14. The van der Waals surface area contributed by atoms with Crippen molar-refractivity contribution in [2.75, 3.05) is 28.4 Å². The van der Waals surface area contributed by atoms with Crippen molar-refractivity contribution in [1.82, 2.24) is 4.98 Å². The Morgan fingerprint density at radius 1 is 0.811 bits per heavy atom. The van der Waals surface area contributed by atoms with Crippen LogP contribution in [0.15, 0.2) is 47.2 Å². The Morgan fingerprint density at radius 2 is 1.27 bits per heavy atom. The molecular formula is C22H19Br4Cl2N2O6P. The van der Waals surface area contributed by atoms with Gasteiger partial charge in [0, 0.05) is 64.0 Å². The van der Waals surface area contributed by atoms with E-state index < -0.39 is 3.25 Å². The highest BCUT2D eigenvalue weighted by atomic mass is 80.0. The van der Waals surface area contributed by atoms with Crippen LogP contribution in [0.4, 0.5) is 0 Å². The van der Waals surface area contributed by atoms with Gasteiger partial charge in [0.2, 0.25) is 5.52 Å². The third-order valence-corrected chi connectivity index (χ3v) is 5.63. The molecule has 0 saturated heterocycles. The normalized spacial score (nSPS) is 10.6. The van der Waals surface area contributed by atoms with Gasteiger partial charge in [0.25, 0.3) is 3.25 Å². The average molecular weight is 829 g/mol. The van der Waals surface area contributed by atoms with Crippen LogP contribution in [0.2, 0.25) is 10.0 Å². The fourth-order valence-corrected chi connectivity index (χ4v) is 4.04. The molecule has 2 heterocycles. The zero-order chi connectivity index (χ0) is 27.9. The SMILES string of the molecule is COc1cc2c(Cl)cc[n+]([O-])c2cc1OC.COc1cc2nc(Br)cc(Cl)c2cc1OC.O=P(Br)(Br)Br. The molecule has 0 radical (unpaired) electrons. The third kappa shape index (κ3) is 9.30. The van der Waals surface area contributed by atoms with Gasteiger partial charge in [-0.1, -0.05) is 23.2 Å². The van der Waals surface area contributed by atoms with Gasteiger partial charge in [-0.3, -0.25) is 4.57 Å². The maximum absolute atomic E-state index is 11.6. The van der Waals surface area contributed by atoms with Gasteiger partial charge in [0.05, 0.1) is 55.5 Å². The maximum Gasteiger partial charge on any atom is 0.268 e. The second-order valence-electron chi connectivity index (χ2n) is 6.76. The molecule has 0 aliphatic heterocycles. The highest BCUT2D eigenvalue weighted by Crippen LogP contribution is 2.68. The largest absolute Gasteiger partial charge is 0.618 e. The minimum atomic E-state index is -2.20. The Hall–Kier alpha value is -1.01. The Morgan fingerprint density at radius 3 is 1.78 bits per heavy atom. The van der Waals surface area contributed by atoms with Gasteiger partial charge in [-0.15, -0.1) is 0 Å². The van der Waals surface area contributed by atoms with Gasteiger partial charge in [-0.2, -0.15) is 4.73 Å². The predicted molar refractivity (Wildman–Crippen MR) is 163 cm³/mol. The highest BCUT2D eigenvalue weighted by molar-refractivity contribution is 9.94. The Kier molecular flexibility index (Phi) is 12.5. The van der Waals surface area contributed by atoms with Crippen LogP contribution in [0.1, 0.15) is 0 Å². The number of hydrogen-bond donors (Lipinski definition) is 0. The molecule has 37 heavy (non-hydrogen) atoms. The first kappa shape index (κ1) is 32.2. The summed E-state index contributed by atoms with van der Waals surface area (Å²) < 4.78 is 29.9. The van der Waals surface area contributed by atoms with Crippen LogP contribution in [0.25, 0.3) is 21.8 Å². The summed E-state index contributed by atoms with van der Waals surface area (Å²) in [7, 11) is 6.22. The summed E-state index contributed by atoms with van der Waals surface area (Å²) in [6.07, 6.45) is 1.36. The summed E-state index contributed by atoms with van der Waals surface area (Å²) in [4.78, 5) is 4.32. The quantitative estimate of drug-likeness (QED) is 0.0878. The Bertz CT molecular complexity index is 1400. The molecule has 0 bridgehead atoms. The van der Waals surface area contributed by atoms with Crippen LogP contribution in [-0.4, -0.2) is 33.4 Å². The lowest BCUT2D eigenvalue weighted by atomic mass is 10.2. The van der Waals surface area contributed by atoms with E-state index in [1.165, 1.54) is 20.4 Å². The predicted octanol–water partition coefficient (Wildman–Crippen LogP) is 9.09. The summed E-state index contributed by atoms with van der Waals surface area (Å²) in [5.41, 5.74) is 1.21. The van der Waals surface area contributed by atoms with Crippen molar-refractivity contribution in [3.8, 4) is 23.0 Å². The fourth-order valence-electron chi connectivity index (χ4n) is 3.03. The molecule has 0 spiro atoms. The first-order chi connectivity index (χ1) is 17.3. The molecule has 4 aromatic rings. The summed E-state index contributed by atoms with van der Waals surface area (Å²) in [6.45, 7) is 0. The van der Waals surface area contributed by atoms with E-state index in [1.54, 1.807) is 44.6 Å². The number of aromatic nitrogens is 2. The zero-order valence-corrected chi connectivity index (χ0v) is 28.4. The van der Waals surface area contributed by atoms with Gasteiger partial charge < -0.3 is 24.2 Å². The third-order valence-electron chi connectivity index (χ3n) is 4.59. The number of benzene rings is 2. The van der Waals surface area contributed by atoms with E-state index in [0.717, 1.165) is 15.6 Å². The van der Waals surface area contributed by atoms with Crippen molar-refractivity contribution < 1.29 is 28.2 Å². The lowest BCUT2D eigenvalue weighted by Crippen LogP contribution is -2.25. The molecule has 0 unspecified atom stereocenters. The van der Waals surface area contributed by atoms with E-state index in [1.807, 2.05) is 6.07 Å². The number of halogens is 6. The molecule has 200 valence electrons. The van der Waals surface area contributed by atoms with Crippen LogP contribution in [0.3, 0.4) is 0 Å². The summed E-state index contributed by atoms with van der Waals surface area (Å²) in [5.74, 6) is 2.32. The van der Waals surface area contributed by atoms with Crippen LogP contribution in [0, 0.1) is 5.21 Å². The number of methoxy groups -OCH3 is 4. The van der Waals surface area contributed by atoms with E-state index in [9.17, 15) is 9.77 Å². The van der Waals surface area contributed by atoms with E-state index in [0.29, 0.717) is 48.5 Å². The van der Waals surface area contributed by atoms with Crippen molar-refractivity contribution in [3.05, 3.63) is 62.5 Å². The maximum atomic E-state index is 11.6. The molecule has 0 aliphatic carbocycles. The monoisotopic (exact) mass is 824 g/mol. The lowest BCUT2D eigenvalue weighted by Gasteiger charge is -2.09. The number of rotatable bonds is 4. The molecule has 0 amide bonds. The van der Waals surface area contributed by atoms with E-state index in [4.69, 9.17) is 42.1 Å². The molecule has 2 aromatic carbocycles. The number of nitrogens with zero attached hydrogens (tertiary/aromatic N) is 2. The molecule has 8 nitrogen and oxygen atoms in total. The average Bonchev–Trinajstić information content (AvgIpc) is 2.84. The molecule has 0 saturated carbocycles. The minimum absolute atomic E-state index is 0.449. The molecule has 0 N–H and O–H groups in total. The first-order valence-corrected chi connectivity index (χ1v) is 19.1. The van der Waals surface area contributed by atoms with Crippen molar-refractivity contribution in [2.24, 2.45) is 0 Å². The lowest BCUT2D eigenvalue weighted by molar-refractivity contribution is -0.577. The second-order valence-corrected chi connectivity index (χ2v) is 26.7. The molecule has 0 atom stereocenters. The zero-order valence-electron chi connectivity index (χ0n) is 19.6. The van der Waals surface area contributed by atoms with Crippen LogP contribution < -0.4 is 23.7 Å². The molecule has 15 heteroatoms. The molecule has 2 aromatic heterocycles. The minimum Gasteiger partial charge on any atom is -0.618 e. The smallest absolute Gasteiger partial charge is 0.268 e. The number of pyridine rings is 2. The summed E-state index contributed by atoms with van der Waals surface area (Å²) >= 11 is 23.7. The van der Waals surface area contributed by atoms with Crippen LogP contribution in [0.5, 0.6) is 23.0 Å².